The minimum Gasteiger partial charge on any atom is -0.497 e. The second-order valence-corrected chi connectivity index (χ2v) is 6.89. The second kappa shape index (κ2) is 8.05. The number of anilines is 1. The van der Waals surface area contributed by atoms with E-state index in [-0.39, 0.29) is 18.2 Å². The molecule has 6 nitrogen and oxygen atoms in total. The maximum absolute atomic E-state index is 12.4. The fourth-order valence-corrected chi connectivity index (χ4v) is 3.65. The van der Waals surface area contributed by atoms with E-state index in [0.717, 1.165) is 5.69 Å². The molecule has 1 heterocycles. The number of nitrogens with one attached hydrogen (secondary N) is 1. The zero-order valence-electron chi connectivity index (χ0n) is 14.5. The van der Waals surface area contributed by atoms with Crippen LogP contribution in [0.1, 0.15) is 6.42 Å². The van der Waals surface area contributed by atoms with Gasteiger partial charge in [-0.05, 0) is 24.3 Å². The number of amides is 2. The standard InChI is InChI=1S/C19H19N3O3S/c1-22-18(24)16(26-19(22)21-13-7-4-3-5-8-13)12-17(23)20-14-9-6-10-15(11-14)25-2/h3-11,16H,12H2,1-2H3,(H,20,23). The first-order valence-electron chi connectivity index (χ1n) is 8.08. The van der Waals surface area contributed by atoms with E-state index < -0.39 is 5.25 Å². The molecule has 1 fully saturated rings. The summed E-state index contributed by atoms with van der Waals surface area (Å²) in [6.07, 6.45) is 0.0822. The van der Waals surface area contributed by atoms with Crippen molar-refractivity contribution < 1.29 is 14.3 Å². The molecule has 0 radical (unpaired) electrons. The van der Waals surface area contributed by atoms with Crippen LogP contribution in [0.25, 0.3) is 0 Å². The Bertz CT molecular complexity index is 839. The SMILES string of the molecule is COc1cccc(NC(=O)CC2SC(=Nc3ccccc3)N(C)C2=O)c1. The third-order valence-electron chi connectivity index (χ3n) is 3.85. The van der Waals surface area contributed by atoms with Gasteiger partial charge in [0, 0.05) is 25.2 Å². The van der Waals surface area contributed by atoms with Crippen molar-refractivity contribution in [2.75, 3.05) is 19.5 Å². The maximum atomic E-state index is 12.4. The van der Waals surface area contributed by atoms with Crippen LogP contribution in [0.5, 0.6) is 5.75 Å². The summed E-state index contributed by atoms with van der Waals surface area (Å²) in [7, 11) is 3.25. The second-order valence-electron chi connectivity index (χ2n) is 5.72. The molecule has 1 saturated heterocycles. The fraction of sp³-hybridized carbons (Fsp3) is 0.211. The van der Waals surface area contributed by atoms with Crippen LogP contribution in [-0.2, 0) is 9.59 Å². The highest BCUT2D eigenvalue weighted by molar-refractivity contribution is 8.15. The summed E-state index contributed by atoms with van der Waals surface area (Å²) in [4.78, 5) is 30.7. The molecule has 0 bridgehead atoms. The Morgan fingerprint density at radius 2 is 2.00 bits per heavy atom. The summed E-state index contributed by atoms with van der Waals surface area (Å²) in [5.74, 6) is 0.315. The van der Waals surface area contributed by atoms with Gasteiger partial charge in [0.25, 0.3) is 0 Å². The summed E-state index contributed by atoms with van der Waals surface area (Å²) in [5.41, 5.74) is 1.41. The van der Waals surface area contributed by atoms with Gasteiger partial charge >= 0.3 is 0 Å². The van der Waals surface area contributed by atoms with Crippen molar-refractivity contribution in [2.24, 2.45) is 4.99 Å². The number of aliphatic imine (C=N–C) groups is 1. The van der Waals surface area contributed by atoms with E-state index in [9.17, 15) is 9.59 Å². The number of ether oxygens (including phenoxy) is 1. The van der Waals surface area contributed by atoms with Gasteiger partial charge in [0.05, 0.1) is 12.8 Å². The third kappa shape index (κ3) is 4.23. The third-order valence-corrected chi connectivity index (χ3v) is 5.07. The predicted molar refractivity (Wildman–Crippen MR) is 104 cm³/mol. The van der Waals surface area contributed by atoms with Crippen molar-refractivity contribution in [3.8, 4) is 5.75 Å². The molecule has 2 aromatic carbocycles. The molecule has 0 aliphatic carbocycles. The Hall–Kier alpha value is -2.80. The molecule has 0 saturated carbocycles. The highest BCUT2D eigenvalue weighted by Crippen LogP contribution is 2.30. The van der Waals surface area contributed by atoms with Gasteiger partial charge in [0.15, 0.2) is 5.17 Å². The largest absolute Gasteiger partial charge is 0.497 e. The van der Waals surface area contributed by atoms with E-state index in [1.54, 1.807) is 38.4 Å². The average molecular weight is 369 g/mol. The van der Waals surface area contributed by atoms with Crippen molar-refractivity contribution in [1.29, 1.82) is 0 Å². The zero-order valence-corrected chi connectivity index (χ0v) is 15.3. The monoisotopic (exact) mass is 369 g/mol. The lowest BCUT2D eigenvalue weighted by Crippen LogP contribution is -2.30. The molecular weight excluding hydrogens is 350 g/mol. The predicted octanol–water partition coefficient (Wildman–Crippen LogP) is 3.29. The van der Waals surface area contributed by atoms with Gasteiger partial charge in [-0.2, -0.15) is 0 Å². The zero-order chi connectivity index (χ0) is 18.5. The number of methoxy groups -OCH3 is 1. The van der Waals surface area contributed by atoms with Crippen LogP contribution in [0.3, 0.4) is 0 Å². The number of para-hydroxylation sites is 1. The minimum atomic E-state index is -0.479. The Balaban J connectivity index is 1.65. The van der Waals surface area contributed by atoms with Gasteiger partial charge in [-0.25, -0.2) is 4.99 Å². The van der Waals surface area contributed by atoms with Crippen molar-refractivity contribution in [3.63, 3.8) is 0 Å². The molecule has 26 heavy (non-hydrogen) atoms. The van der Waals surface area contributed by atoms with Gasteiger partial charge in [0.2, 0.25) is 11.8 Å². The first-order valence-corrected chi connectivity index (χ1v) is 8.96. The van der Waals surface area contributed by atoms with E-state index in [1.165, 1.54) is 16.7 Å². The lowest BCUT2D eigenvalue weighted by molar-refractivity contribution is -0.127. The molecule has 2 aromatic rings. The summed E-state index contributed by atoms with van der Waals surface area (Å²) in [5, 5.41) is 2.92. The minimum absolute atomic E-state index is 0.0822. The summed E-state index contributed by atoms with van der Waals surface area (Å²) in [6.45, 7) is 0. The molecule has 7 heteroatoms. The number of carbonyl (C=O) groups is 2. The van der Waals surface area contributed by atoms with Crippen LogP contribution in [0.15, 0.2) is 59.6 Å². The quantitative estimate of drug-likeness (QED) is 0.878. The van der Waals surface area contributed by atoms with E-state index in [0.29, 0.717) is 16.6 Å². The molecule has 1 aliphatic rings. The molecule has 1 unspecified atom stereocenters. The lowest BCUT2D eigenvalue weighted by atomic mass is 10.2. The fourth-order valence-electron chi connectivity index (χ4n) is 2.49. The van der Waals surface area contributed by atoms with Crippen LogP contribution in [-0.4, -0.2) is 41.3 Å². The number of benzene rings is 2. The highest BCUT2D eigenvalue weighted by Gasteiger charge is 2.36. The Kier molecular flexibility index (Phi) is 5.58. The molecule has 0 spiro atoms. The van der Waals surface area contributed by atoms with Crippen LogP contribution >= 0.6 is 11.8 Å². The van der Waals surface area contributed by atoms with Crippen molar-refractivity contribution in [3.05, 3.63) is 54.6 Å². The molecule has 1 aliphatic heterocycles. The molecular formula is C19H19N3O3S. The first-order chi connectivity index (χ1) is 12.6. The van der Waals surface area contributed by atoms with Crippen molar-refractivity contribution >= 4 is 40.1 Å². The van der Waals surface area contributed by atoms with Gasteiger partial charge in [-0.3, -0.25) is 14.5 Å². The Labute approximate surface area is 156 Å². The molecule has 2 amide bonds. The van der Waals surface area contributed by atoms with Crippen molar-refractivity contribution in [2.45, 2.75) is 11.7 Å². The number of nitrogens with zero attached hydrogens (tertiary/aromatic N) is 2. The Morgan fingerprint density at radius 1 is 1.23 bits per heavy atom. The summed E-state index contributed by atoms with van der Waals surface area (Å²) < 4.78 is 5.14. The maximum Gasteiger partial charge on any atom is 0.242 e. The van der Waals surface area contributed by atoms with Gasteiger partial charge in [0.1, 0.15) is 11.0 Å². The average Bonchev–Trinajstić information content (AvgIpc) is 2.90. The normalized spacial score (nSPS) is 18.2. The van der Waals surface area contributed by atoms with E-state index in [1.807, 2.05) is 30.3 Å². The van der Waals surface area contributed by atoms with Crippen LogP contribution in [0.2, 0.25) is 0 Å². The number of rotatable bonds is 5. The van der Waals surface area contributed by atoms with Gasteiger partial charge < -0.3 is 10.1 Å². The number of amidine groups is 1. The Morgan fingerprint density at radius 3 is 2.73 bits per heavy atom. The first kappa shape index (κ1) is 18.0. The van der Waals surface area contributed by atoms with E-state index in [2.05, 4.69) is 10.3 Å². The number of hydrogen-bond acceptors (Lipinski definition) is 5. The topological polar surface area (TPSA) is 71.0 Å². The van der Waals surface area contributed by atoms with E-state index >= 15 is 0 Å². The van der Waals surface area contributed by atoms with Gasteiger partial charge in [-0.1, -0.05) is 36.0 Å². The molecule has 1 N–H and O–H groups in total. The summed E-state index contributed by atoms with van der Waals surface area (Å²) in [6, 6.07) is 16.5. The molecule has 3 rings (SSSR count). The lowest BCUT2D eigenvalue weighted by Gasteiger charge is -2.10. The smallest absolute Gasteiger partial charge is 0.242 e. The molecule has 134 valence electrons. The number of carbonyl (C=O) groups excluding carboxylic acids is 2. The molecule has 1 atom stereocenters. The van der Waals surface area contributed by atoms with Gasteiger partial charge in [-0.15, -0.1) is 0 Å². The van der Waals surface area contributed by atoms with E-state index in [4.69, 9.17) is 4.74 Å². The summed E-state index contributed by atoms with van der Waals surface area (Å²) >= 11 is 1.31. The van der Waals surface area contributed by atoms with Crippen LogP contribution in [0, 0.1) is 0 Å². The highest BCUT2D eigenvalue weighted by atomic mass is 32.2. The molecule has 0 aromatic heterocycles. The van der Waals surface area contributed by atoms with Crippen molar-refractivity contribution in [1.82, 2.24) is 4.90 Å². The van der Waals surface area contributed by atoms with Crippen LogP contribution < -0.4 is 10.1 Å². The number of thioether (sulfide) groups is 1. The van der Waals surface area contributed by atoms with Crippen LogP contribution in [0.4, 0.5) is 11.4 Å². The number of hydrogen-bond donors (Lipinski definition) is 1.